The van der Waals surface area contributed by atoms with Gasteiger partial charge in [0.25, 0.3) is 0 Å². The van der Waals surface area contributed by atoms with Gasteiger partial charge in [-0.25, -0.2) is 0 Å². The lowest BCUT2D eigenvalue weighted by Crippen LogP contribution is -1.92. The summed E-state index contributed by atoms with van der Waals surface area (Å²) in [5, 5.41) is 4.94. The van der Waals surface area contributed by atoms with Crippen molar-refractivity contribution in [2.24, 2.45) is 0 Å². The van der Waals surface area contributed by atoms with Gasteiger partial charge in [0.15, 0.2) is 0 Å². The van der Waals surface area contributed by atoms with E-state index in [-0.39, 0.29) is 0 Å². The standard InChI is InChI=1S/C11H10ClN3S/c12-9-3-10(13-5-11(9)16)7-4-14-15(6-7)8-1-2-8/h3-6,8,16H,1-2H2. The van der Waals surface area contributed by atoms with Crippen LogP contribution in [0.1, 0.15) is 18.9 Å². The lowest BCUT2D eigenvalue weighted by molar-refractivity contribution is 0.642. The highest BCUT2D eigenvalue weighted by atomic mass is 35.5. The smallest absolute Gasteiger partial charge is 0.0749 e. The maximum absolute atomic E-state index is 6.00. The second-order valence-corrected chi connectivity index (χ2v) is 4.85. The number of aromatic nitrogens is 3. The van der Waals surface area contributed by atoms with Gasteiger partial charge in [-0.2, -0.15) is 5.10 Å². The third-order valence-electron chi connectivity index (χ3n) is 2.65. The number of hydrogen-bond acceptors (Lipinski definition) is 3. The molecule has 0 spiro atoms. The second kappa shape index (κ2) is 3.79. The van der Waals surface area contributed by atoms with Gasteiger partial charge in [0.1, 0.15) is 0 Å². The summed E-state index contributed by atoms with van der Waals surface area (Å²) in [4.78, 5) is 4.98. The first kappa shape index (κ1) is 10.2. The zero-order valence-corrected chi connectivity index (χ0v) is 10.1. The highest BCUT2D eigenvalue weighted by Gasteiger charge is 2.24. The Labute approximate surface area is 104 Å². The van der Waals surface area contributed by atoms with E-state index in [0.29, 0.717) is 16.0 Å². The molecular formula is C11H10ClN3S. The van der Waals surface area contributed by atoms with Crippen LogP contribution in [0.25, 0.3) is 11.3 Å². The first-order valence-corrected chi connectivity index (χ1v) is 5.95. The predicted octanol–water partition coefficient (Wildman–Crippen LogP) is 3.22. The molecule has 3 rings (SSSR count). The minimum absolute atomic E-state index is 0.591. The number of rotatable bonds is 2. The molecule has 0 unspecified atom stereocenters. The van der Waals surface area contributed by atoms with Gasteiger partial charge in [-0.05, 0) is 18.9 Å². The van der Waals surface area contributed by atoms with Crippen LogP contribution in [0.5, 0.6) is 0 Å². The van der Waals surface area contributed by atoms with Crippen molar-refractivity contribution in [3.63, 3.8) is 0 Å². The molecule has 0 amide bonds. The van der Waals surface area contributed by atoms with Gasteiger partial charge in [-0.1, -0.05) is 11.6 Å². The molecule has 16 heavy (non-hydrogen) atoms. The summed E-state index contributed by atoms with van der Waals surface area (Å²) in [6, 6.07) is 2.41. The molecule has 1 aliphatic rings. The SMILES string of the molecule is Sc1cnc(-c2cnn(C3CC3)c2)cc1Cl. The average molecular weight is 252 g/mol. The van der Waals surface area contributed by atoms with Gasteiger partial charge in [-0.15, -0.1) is 12.6 Å². The lowest BCUT2D eigenvalue weighted by Gasteiger charge is -1.99. The van der Waals surface area contributed by atoms with Crippen LogP contribution in [0, 0.1) is 0 Å². The van der Waals surface area contributed by atoms with E-state index in [1.165, 1.54) is 12.8 Å². The molecule has 2 heterocycles. The van der Waals surface area contributed by atoms with E-state index in [0.717, 1.165) is 11.3 Å². The first-order valence-electron chi connectivity index (χ1n) is 5.13. The molecule has 0 aliphatic heterocycles. The summed E-state index contributed by atoms with van der Waals surface area (Å²) in [7, 11) is 0. The molecule has 1 saturated carbocycles. The zero-order chi connectivity index (χ0) is 11.1. The Balaban J connectivity index is 1.97. The van der Waals surface area contributed by atoms with Crippen LogP contribution in [0.2, 0.25) is 5.02 Å². The topological polar surface area (TPSA) is 30.7 Å². The van der Waals surface area contributed by atoms with Crippen molar-refractivity contribution in [1.82, 2.24) is 14.8 Å². The molecule has 1 fully saturated rings. The van der Waals surface area contributed by atoms with E-state index < -0.39 is 0 Å². The fourth-order valence-corrected chi connectivity index (χ4v) is 1.86. The highest BCUT2D eigenvalue weighted by molar-refractivity contribution is 7.80. The monoisotopic (exact) mass is 251 g/mol. The van der Waals surface area contributed by atoms with Crippen LogP contribution < -0.4 is 0 Å². The van der Waals surface area contributed by atoms with E-state index in [9.17, 15) is 0 Å². The van der Waals surface area contributed by atoms with Gasteiger partial charge in [0.2, 0.25) is 0 Å². The quantitative estimate of drug-likeness (QED) is 0.831. The molecular weight excluding hydrogens is 242 g/mol. The second-order valence-electron chi connectivity index (χ2n) is 3.96. The summed E-state index contributed by atoms with van der Waals surface area (Å²) in [6.07, 6.45) is 7.97. The highest BCUT2D eigenvalue weighted by Crippen LogP contribution is 2.35. The van der Waals surface area contributed by atoms with E-state index in [4.69, 9.17) is 11.6 Å². The lowest BCUT2D eigenvalue weighted by atomic mass is 10.2. The average Bonchev–Trinajstić information content (AvgIpc) is 3.01. The molecule has 82 valence electrons. The maximum atomic E-state index is 6.00. The van der Waals surface area contributed by atoms with Crippen molar-refractivity contribution >= 4 is 24.2 Å². The van der Waals surface area contributed by atoms with Crippen LogP contribution in [0.3, 0.4) is 0 Å². The predicted molar refractivity (Wildman–Crippen MR) is 66.0 cm³/mol. The van der Waals surface area contributed by atoms with Crippen LogP contribution in [0.15, 0.2) is 29.6 Å². The third kappa shape index (κ3) is 1.83. The number of halogens is 1. The van der Waals surface area contributed by atoms with Gasteiger partial charge in [0.05, 0.1) is 23.0 Å². The fourth-order valence-electron chi connectivity index (χ4n) is 1.59. The Morgan fingerprint density at radius 2 is 2.19 bits per heavy atom. The molecule has 0 N–H and O–H groups in total. The minimum atomic E-state index is 0.591. The summed E-state index contributed by atoms with van der Waals surface area (Å²) in [5.74, 6) is 0. The summed E-state index contributed by atoms with van der Waals surface area (Å²) >= 11 is 10.2. The number of pyridine rings is 1. The molecule has 0 atom stereocenters. The van der Waals surface area contributed by atoms with Crippen molar-refractivity contribution in [3.05, 3.63) is 29.7 Å². The van der Waals surface area contributed by atoms with Crippen LogP contribution in [-0.4, -0.2) is 14.8 Å². The van der Waals surface area contributed by atoms with Crippen molar-refractivity contribution in [2.75, 3.05) is 0 Å². The van der Waals surface area contributed by atoms with E-state index in [1.54, 1.807) is 6.20 Å². The van der Waals surface area contributed by atoms with Crippen molar-refractivity contribution in [1.29, 1.82) is 0 Å². The van der Waals surface area contributed by atoms with E-state index in [2.05, 4.69) is 22.7 Å². The van der Waals surface area contributed by atoms with Crippen molar-refractivity contribution < 1.29 is 0 Å². The number of thiol groups is 1. The zero-order valence-electron chi connectivity index (χ0n) is 8.47. The van der Waals surface area contributed by atoms with E-state index >= 15 is 0 Å². The molecule has 3 nitrogen and oxygen atoms in total. The fraction of sp³-hybridized carbons (Fsp3) is 0.273. The molecule has 1 aliphatic carbocycles. The Kier molecular flexibility index (Phi) is 2.41. The van der Waals surface area contributed by atoms with Gasteiger partial charge in [0, 0.05) is 22.9 Å². The first-order chi connectivity index (χ1) is 7.74. The largest absolute Gasteiger partial charge is 0.269 e. The molecule has 2 aromatic rings. The van der Waals surface area contributed by atoms with Crippen LogP contribution >= 0.6 is 24.2 Å². The van der Waals surface area contributed by atoms with Crippen molar-refractivity contribution in [3.8, 4) is 11.3 Å². The van der Waals surface area contributed by atoms with Crippen LogP contribution in [-0.2, 0) is 0 Å². The van der Waals surface area contributed by atoms with Crippen LogP contribution in [0.4, 0.5) is 0 Å². The minimum Gasteiger partial charge on any atom is -0.269 e. The molecule has 2 aromatic heterocycles. The number of hydrogen-bond donors (Lipinski definition) is 1. The summed E-state index contributed by atoms with van der Waals surface area (Å²) in [6.45, 7) is 0. The third-order valence-corrected chi connectivity index (χ3v) is 3.45. The molecule has 0 bridgehead atoms. The maximum Gasteiger partial charge on any atom is 0.0749 e. The van der Waals surface area contributed by atoms with E-state index in [1.807, 2.05) is 23.1 Å². The summed E-state index contributed by atoms with van der Waals surface area (Å²) in [5.41, 5.74) is 1.84. The Bertz CT molecular complexity index is 534. The van der Waals surface area contributed by atoms with Crippen molar-refractivity contribution in [2.45, 2.75) is 23.8 Å². The Hall–Kier alpha value is -1.000. The molecule has 0 saturated heterocycles. The normalized spacial score (nSPS) is 15.4. The van der Waals surface area contributed by atoms with Gasteiger partial charge >= 0.3 is 0 Å². The number of nitrogens with zero attached hydrogens (tertiary/aromatic N) is 3. The van der Waals surface area contributed by atoms with Gasteiger partial charge in [-0.3, -0.25) is 9.67 Å². The Morgan fingerprint density at radius 1 is 1.38 bits per heavy atom. The molecule has 0 radical (unpaired) electrons. The Morgan fingerprint density at radius 3 is 2.88 bits per heavy atom. The van der Waals surface area contributed by atoms with Gasteiger partial charge < -0.3 is 0 Å². The molecule has 0 aromatic carbocycles. The summed E-state index contributed by atoms with van der Waals surface area (Å²) < 4.78 is 2.00. The molecule has 5 heteroatoms.